The molecule has 0 saturated carbocycles. The summed E-state index contributed by atoms with van der Waals surface area (Å²) in [6.07, 6.45) is 2.53. The van der Waals surface area contributed by atoms with Crippen LogP contribution in [0.2, 0.25) is 0 Å². The average molecular weight is 248 g/mol. The number of rotatable bonds is 4. The Kier molecular flexibility index (Phi) is 4.53. The van der Waals surface area contributed by atoms with Crippen LogP contribution in [-0.2, 0) is 0 Å². The second-order valence-corrected chi connectivity index (χ2v) is 5.54. The summed E-state index contributed by atoms with van der Waals surface area (Å²) in [5.74, 6) is 2.21. The summed E-state index contributed by atoms with van der Waals surface area (Å²) >= 11 is 0. The van der Waals surface area contributed by atoms with E-state index < -0.39 is 0 Å². The van der Waals surface area contributed by atoms with Gasteiger partial charge in [-0.25, -0.2) is 0 Å². The van der Waals surface area contributed by atoms with E-state index in [9.17, 15) is 0 Å². The molecule has 0 aromatic carbocycles. The number of piperidine rings is 1. The zero-order valence-corrected chi connectivity index (χ0v) is 11.7. The van der Waals surface area contributed by atoms with Gasteiger partial charge in [0.15, 0.2) is 5.82 Å². The van der Waals surface area contributed by atoms with Crippen molar-refractivity contribution in [2.75, 3.05) is 31.6 Å². The Morgan fingerprint density at radius 2 is 2.00 bits per heavy atom. The van der Waals surface area contributed by atoms with E-state index in [0.29, 0.717) is 5.92 Å². The van der Waals surface area contributed by atoms with Crippen LogP contribution in [0.1, 0.15) is 38.3 Å². The van der Waals surface area contributed by atoms with E-state index in [-0.39, 0.29) is 0 Å². The molecule has 2 heterocycles. The predicted octanol–water partition coefficient (Wildman–Crippen LogP) is 2.04. The van der Waals surface area contributed by atoms with E-state index in [1.807, 2.05) is 0 Å². The maximum absolute atomic E-state index is 4.33. The van der Waals surface area contributed by atoms with Gasteiger partial charge in [0.25, 0.3) is 0 Å². The molecular weight excluding hydrogens is 224 g/mol. The first-order chi connectivity index (χ1) is 8.66. The van der Waals surface area contributed by atoms with Crippen LogP contribution in [0.3, 0.4) is 0 Å². The van der Waals surface area contributed by atoms with E-state index in [2.05, 4.69) is 53.4 Å². The molecule has 1 aromatic heterocycles. The van der Waals surface area contributed by atoms with Gasteiger partial charge in [-0.15, -0.1) is 5.10 Å². The second-order valence-electron chi connectivity index (χ2n) is 5.54. The lowest BCUT2D eigenvalue weighted by Gasteiger charge is -2.28. The summed E-state index contributed by atoms with van der Waals surface area (Å²) in [6, 6.07) is 4.18. The second kappa shape index (κ2) is 6.14. The molecule has 0 bridgehead atoms. The van der Waals surface area contributed by atoms with Crippen LogP contribution in [-0.4, -0.2) is 36.9 Å². The minimum Gasteiger partial charge on any atom is -0.358 e. The molecule has 0 aliphatic carbocycles. The van der Waals surface area contributed by atoms with Gasteiger partial charge in [-0.2, -0.15) is 5.10 Å². The van der Waals surface area contributed by atoms with Crippen LogP contribution in [0.4, 0.5) is 5.82 Å². The highest BCUT2D eigenvalue weighted by atomic mass is 15.2. The van der Waals surface area contributed by atoms with Gasteiger partial charge in [0.05, 0.1) is 5.69 Å². The Hall–Kier alpha value is -1.16. The first-order valence-corrected chi connectivity index (χ1v) is 6.92. The SMILES string of the molecule is CC(C)c1ccc(N(C)CC2CCNCC2)nn1. The molecule has 1 aromatic rings. The Labute approximate surface area is 110 Å². The highest BCUT2D eigenvalue weighted by Crippen LogP contribution is 2.17. The van der Waals surface area contributed by atoms with Crippen molar-refractivity contribution in [3.63, 3.8) is 0 Å². The molecule has 4 heteroatoms. The fraction of sp³-hybridized carbons (Fsp3) is 0.714. The zero-order chi connectivity index (χ0) is 13.0. The monoisotopic (exact) mass is 248 g/mol. The van der Waals surface area contributed by atoms with Crippen LogP contribution < -0.4 is 10.2 Å². The summed E-state index contributed by atoms with van der Waals surface area (Å²) in [5.41, 5.74) is 1.06. The molecule has 1 saturated heterocycles. The van der Waals surface area contributed by atoms with Crippen molar-refractivity contribution in [1.82, 2.24) is 15.5 Å². The number of hydrogen-bond donors (Lipinski definition) is 1. The fourth-order valence-electron chi connectivity index (χ4n) is 2.39. The third-order valence-electron chi connectivity index (χ3n) is 3.64. The van der Waals surface area contributed by atoms with Crippen LogP contribution in [0.15, 0.2) is 12.1 Å². The van der Waals surface area contributed by atoms with E-state index in [4.69, 9.17) is 0 Å². The fourth-order valence-corrected chi connectivity index (χ4v) is 2.39. The standard InChI is InChI=1S/C14H24N4/c1-11(2)13-4-5-14(17-16-13)18(3)10-12-6-8-15-9-7-12/h4-5,11-12,15H,6-10H2,1-3H3. The summed E-state index contributed by atoms with van der Waals surface area (Å²) in [7, 11) is 2.11. The van der Waals surface area contributed by atoms with Crippen molar-refractivity contribution in [2.24, 2.45) is 5.92 Å². The molecule has 0 spiro atoms. The number of anilines is 1. The van der Waals surface area contributed by atoms with Gasteiger partial charge < -0.3 is 10.2 Å². The molecule has 0 amide bonds. The smallest absolute Gasteiger partial charge is 0.150 e. The molecule has 0 atom stereocenters. The average Bonchev–Trinajstić information content (AvgIpc) is 2.40. The number of nitrogens with one attached hydrogen (secondary N) is 1. The molecule has 1 aliphatic rings. The highest BCUT2D eigenvalue weighted by molar-refractivity contribution is 5.36. The summed E-state index contributed by atoms with van der Waals surface area (Å²) < 4.78 is 0. The molecule has 4 nitrogen and oxygen atoms in total. The molecular formula is C14H24N4. The minimum atomic E-state index is 0.446. The third-order valence-corrected chi connectivity index (χ3v) is 3.64. The van der Waals surface area contributed by atoms with Gasteiger partial charge in [-0.1, -0.05) is 13.8 Å². The van der Waals surface area contributed by atoms with Gasteiger partial charge in [0, 0.05) is 13.6 Å². The molecule has 1 N–H and O–H groups in total. The largest absolute Gasteiger partial charge is 0.358 e. The van der Waals surface area contributed by atoms with Crippen molar-refractivity contribution >= 4 is 5.82 Å². The molecule has 2 rings (SSSR count). The topological polar surface area (TPSA) is 41.0 Å². The number of hydrogen-bond acceptors (Lipinski definition) is 4. The Morgan fingerprint density at radius 3 is 2.56 bits per heavy atom. The lowest BCUT2D eigenvalue weighted by atomic mass is 9.98. The highest BCUT2D eigenvalue weighted by Gasteiger charge is 2.16. The van der Waals surface area contributed by atoms with Crippen molar-refractivity contribution < 1.29 is 0 Å². The van der Waals surface area contributed by atoms with E-state index in [1.165, 1.54) is 12.8 Å². The normalized spacial score (nSPS) is 17.1. The van der Waals surface area contributed by atoms with Gasteiger partial charge in [0.2, 0.25) is 0 Å². The molecule has 0 radical (unpaired) electrons. The van der Waals surface area contributed by atoms with Gasteiger partial charge in [-0.05, 0) is 49.9 Å². The Bertz CT molecular complexity index is 355. The molecule has 1 fully saturated rings. The molecule has 18 heavy (non-hydrogen) atoms. The van der Waals surface area contributed by atoms with Crippen molar-refractivity contribution in [2.45, 2.75) is 32.6 Å². The molecule has 1 aliphatic heterocycles. The van der Waals surface area contributed by atoms with Crippen LogP contribution in [0, 0.1) is 5.92 Å². The molecule has 100 valence electrons. The van der Waals surface area contributed by atoms with Crippen molar-refractivity contribution in [3.8, 4) is 0 Å². The van der Waals surface area contributed by atoms with E-state index in [0.717, 1.165) is 37.1 Å². The molecule has 0 unspecified atom stereocenters. The maximum Gasteiger partial charge on any atom is 0.150 e. The number of aromatic nitrogens is 2. The van der Waals surface area contributed by atoms with Gasteiger partial charge in [-0.3, -0.25) is 0 Å². The minimum absolute atomic E-state index is 0.446. The predicted molar refractivity (Wildman–Crippen MR) is 75.0 cm³/mol. The summed E-state index contributed by atoms with van der Waals surface area (Å²) in [4.78, 5) is 2.23. The Balaban J connectivity index is 1.93. The zero-order valence-electron chi connectivity index (χ0n) is 11.7. The summed E-state index contributed by atoms with van der Waals surface area (Å²) in [5, 5.41) is 12.0. The number of nitrogens with zero attached hydrogens (tertiary/aromatic N) is 3. The van der Waals surface area contributed by atoms with Crippen molar-refractivity contribution in [1.29, 1.82) is 0 Å². The van der Waals surface area contributed by atoms with Crippen LogP contribution in [0.5, 0.6) is 0 Å². The Morgan fingerprint density at radius 1 is 1.28 bits per heavy atom. The lowest BCUT2D eigenvalue weighted by molar-refractivity contribution is 0.377. The van der Waals surface area contributed by atoms with Gasteiger partial charge >= 0.3 is 0 Å². The van der Waals surface area contributed by atoms with Crippen LogP contribution in [0.25, 0.3) is 0 Å². The quantitative estimate of drug-likeness (QED) is 0.885. The maximum atomic E-state index is 4.33. The van der Waals surface area contributed by atoms with Crippen molar-refractivity contribution in [3.05, 3.63) is 17.8 Å². The third kappa shape index (κ3) is 3.42. The summed E-state index contributed by atoms with van der Waals surface area (Å²) in [6.45, 7) is 7.66. The van der Waals surface area contributed by atoms with E-state index >= 15 is 0 Å². The lowest BCUT2D eigenvalue weighted by Crippen LogP contribution is -2.34. The van der Waals surface area contributed by atoms with E-state index in [1.54, 1.807) is 0 Å². The first kappa shape index (κ1) is 13.3. The first-order valence-electron chi connectivity index (χ1n) is 6.92. The van der Waals surface area contributed by atoms with Gasteiger partial charge in [0.1, 0.15) is 0 Å². The van der Waals surface area contributed by atoms with Crippen LogP contribution >= 0.6 is 0 Å².